The maximum absolute atomic E-state index is 9.69. The van der Waals surface area contributed by atoms with Crippen LogP contribution >= 0.6 is 11.5 Å². The number of rotatable bonds is 3. The molecule has 1 N–H and O–H groups in total. The molecule has 0 radical (unpaired) electrons. The molecule has 0 amide bonds. The van der Waals surface area contributed by atoms with Gasteiger partial charge in [0.05, 0.1) is 16.7 Å². The van der Waals surface area contributed by atoms with Crippen molar-refractivity contribution in [1.82, 2.24) is 9.59 Å². The van der Waals surface area contributed by atoms with Crippen molar-refractivity contribution in [2.75, 3.05) is 0 Å². The van der Waals surface area contributed by atoms with E-state index in [1.165, 1.54) is 11.5 Å². The van der Waals surface area contributed by atoms with Gasteiger partial charge in [0.2, 0.25) is 0 Å². The Morgan fingerprint density at radius 3 is 2.58 bits per heavy atom. The fourth-order valence-electron chi connectivity index (χ4n) is 1.10. The Morgan fingerprint density at radius 2 is 2.17 bits per heavy atom. The van der Waals surface area contributed by atoms with E-state index in [9.17, 15) is 5.11 Å². The molecule has 0 aliphatic carbocycles. The van der Waals surface area contributed by atoms with Gasteiger partial charge in [-0.3, -0.25) is 0 Å². The lowest BCUT2D eigenvalue weighted by molar-refractivity contribution is 0.154. The molecule has 0 fully saturated rings. The zero-order chi connectivity index (χ0) is 9.14. The minimum atomic E-state index is -0.384. The quantitative estimate of drug-likeness (QED) is 0.784. The van der Waals surface area contributed by atoms with Gasteiger partial charge < -0.3 is 5.11 Å². The molecule has 1 unspecified atom stereocenters. The Hall–Kier alpha value is -0.480. The number of hydrogen-bond acceptors (Lipinski definition) is 4. The first kappa shape index (κ1) is 9.61. The lowest BCUT2D eigenvalue weighted by Gasteiger charge is -2.10. The Bertz CT molecular complexity index is 247. The predicted molar refractivity (Wildman–Crippen MR) is 49.1 cm³/mol. The van der Waals surface area contributed by atoms with Gasteiger partial charge in [0.25, 0.3) is 0 Å². The van der Waals surface area contributed by atoms with Crippen LogP contribution in [0.5, 0.6) is 0 Å². The van der Waals surface area contributed by atoms with Crippen molar-refractivity contribution in [3.8, 4) is 0 Å². The van der Waals surface area contributed by atoms with Gasteiger partial charge in [-0.1, -0.05) is 18.3 Å². The molecule has 0 saturated carbocycles. The third-order valence-electron chi connectivity index (χ3n) is 1.68. The summed E-state index contributed by atoms with van der Waals surface area (Å²) in [5.74, 6) is 0.501. The van der Waals surface area contributed by atoms with E-state index in [0.29, 0.717) is 5.92 Å². The topological polar surface area (TPSA) is 46.0 Å². The molecule has 68 valence electrons. The molecule has 1 atom stereocenters. The van der Waals surface area contributed by atoms with E-state index in [0.717, 1.165) is 17.0 Å². The molecule has 1 aromatic heterocycles. The fourth-order valence-corrected chi connectivity index (χ4v) is 1.74. The van der Waals surface area contributed by atoms with Crippen LogP contribution in [0.1, 0.15) is 36.9 Å². The standard InChI is InChI=1S/C8H14N2OS/c1-5(2)4-7(11)8-6(3)9-10-12-8/h5,7,11H,4H2,1-3H3. The Labute approximate surface area is 76.6 Å². The van der Waals surface area contributed by atoms with Crippen molar-refractivity contribution in [3.63, 3.8) is 0 Å². The van der Waals surface area contributed by atoms with Crippen LogP contribution in [0.25, 0.3) is 0 Å². The van der Waals surface area contributed by atoms with Gasteiger partial charge in [0, 0.05) is 0 Å². The van der Waals surface area contributed by atoms with E-state index >= 15 is 0 Å². The van der Waals surface area contributed by atoms with Gasteiger partial charge in [-0.25, -0.2) is 0 Å². The molecule has 0 bridgehead atoms. The number of hydrogen-bond donors (Lipinski definition) is 1. The first-order chi connectivity index (χ1) is 5.61. The van der Waals surface area contributed by atoms with Crippen LogP contribution < -0.4 is 0 Å². The maximum Gasteiger partial charge on any atom is 0.0919 e. The van der Waals surface area contributed by atoms with Crippen LogP contribution in [0, 0.1) is 12.8 Å². The summed E-state index contributed by atoms with van der Waals surface area (Å²) in [6.07, 6.45) is 0.398. The van der Waals surface area contributed by atoms with Crippen LogP contribution in [0.2, 0.25) is 0 Å². The fraction of sp³-hybridized carbons (Fsp3) is 0.750. The van der Waals surface area contributed by atoms with E-state index in [1.807, 2.05) is 6.92 Å². The minimum absolute atomic E-state index is 0.384. The smallest absolute Gasteiger partial charge is 0.0919 e. The molecule has 0 aliphatic heterocycles. The highest BCUT2D eigenvalue weighted by Gasteiger charge is 2.14. The normalized spacial score (nSPS) is 13.8. The van der Waals surface area contributed by atoms with Crippen LogP contribution in [-0.2, 0) is 0 Å². The average molecular weight is 186 g/mol. The van der Waals surface area contributed by atoms with Gasteiger partial charge in [-0.15, -0.1) is 5.10 Å². The van der Waals surface area contributed by atoms with E-state index in [2.05, 4.69) is 23.4 Å². The predicted octanol–water partition coefficient (Wildman–Crippen LogP) is 1.93. The maximum atomic E-state index is 9.69. The lowest BCUT2D eigenvalue weighted by atomic mass is 10.0. The van der Waals surface area contributed by atoms with Gasteiger partial charge in [-0.2, -0.15) is 0 Å². The third-order valence-corrected chi connectivity index (χ3v) is 2.61. The number of aliphatic hydroxyl groups is 1. The van der Waals surface area contributed by atoms with Gasteiger partial charge in [-0.05, 0) is 30.8 Å². The summed E-state index contributed by atoms with van der Waals surface area (Å²) in [6, 6.07) is 0. The monoisotopic (exact) mass is 186 g/mol. The second-order valence-electron chi connectivity index (χ2n) is 3.37. The molecule has 0 saturated heterocycles. The second-order valence-corrected chi connectivity index (χ2v) is 4.15. The van der Waals surface area contributed by atoms with Gasteiger partial charge >= 0.3 is 0 Å². The molecule has 0 spiro atoms. The molecule has 4 heteroatoms. The Kier molecular flexibility index (Phi) is 3.17. The number of aromatic nitrogens is 2. The van der Waals surface area contributed by atoms with Gasteiger partial charge in [0.15, 0.2) is 0 Å². The summed E-state index contributed by atoms with van der Waals surface area (Å²) in [5, 5.41) is 13.5. The first-order valence-electron chi connectivity index (χ1n) is 4.08. The average Bonchev–Trinajstić information content (AvgIpc) is 2.33. The highest BCUT2D eigenvalue weighted by Crippen LogP contribution is 2.25. The molecule has 0 aromatic carbocycles. The van der Waals surface area contributed by atoms with Crippen LogP contribution in [0.3, 0.4) is 0 Å². The van der Waals surface area contributed by atoms with Crippen LogP contribution in [-0.4, -0.2) is 14.7 Å². The van der Waals surface area contributed by atoms with Crippen molar-refractivity contribution >= 4 is 11.5 Å². The van der Waals surface area contributed by atoms with Crippen molar-refractivity contribution in [3.05, 3.63) is 10.6 Å². The second kappa shape index (κ2) is 3.96. The van der Waals surface area contributed by atoms with Crippen LogP contribution in [0.15, 0.2) is 0 Å². The summed E-state index contributed by atoms with van der Waals surface area (Å²) >= 11 is 1.29. The molecule has 1 heterocycles. The van der Waals surface area contributed by atoms with Crippen LogP contribution in [0.4, 0.5) is 0 Å². The third kappa shape index (κ3) is 2.25. The van der Waals surface area contributed by atoms with Crippen molar-refractivity contribution < 1.29 is 5.11 Å². The van der Waals surface area contributed by atoms with E-state index in [4.69, 9.17) is 0 Å². The molecule has 0 aliphatic rings. The molecule has 12 heavy (non-hydrogen) atoms. The lowest BCUT2D eigenvalue weighted by Crippen LogP contribution is -2.01. The summed E-state index contributed by atoms with van der Waals surface area (Å²) in [4.78, 5) is 0.906. The van der Waals surface area contributed by atoms with E-state index < -0.39 is 0 Å². The number of aryl methyl sites for hydroxylation is 1. The highest BCUT2D eigenvalue weighted by atomic mass is 32.1. The molecule has 3 nitrogen and oxygen atoms in total. The zero-order valence-electron chi connectivity index (χ0n) is 7.61. The minimum Gasteiger partial charge on any atom is -0.387 e. The van der Waals surface area contributed by atoms with E-state index in [-0.39, 0.29) is 6.10 Å². The summed E-state index contributed by atoms with van der Waals surface area (Å²) in [7, 11) is 0. The summed E-state index contributed by atoms with van der Waals surface area (Å²) < 4.78 is 3.78. The molecule has 1 aromatic rings. The van der Waals surface area contributed by atoms with Crippen molar-refractivity contribution in [1.29, 1.82) is 0 Å². The SMILES string of the molecule is Cc1nnsc1C(O)CC(C)C. The van der Waals surface area contributed by atoms with Crippen molar-refractivity contribution in [2.45, 2.75) is 33.3 Å². The van der Waals surface area contributed by atoms with Crippen molar-refractivity contribution in [2.24, 2.45) is 5.92 Å². The highest BCUT2D eigenvalue weighted by molar-refractivity contribution is 7.05. The Morgan fingerprint density at radius 1 is 1.50 bits per heavy atom. The largest absolute Gasteiger partial charge is 0.387 e. The Balaban J connectivity index is 2.65. The molecular weight excluding hydrogens is 172 g/mol. The number of nitrogens with zero attached hydrogens (tertiary/aromatic N) is 2. The summed E-state index contributed by atoms with van der Waals surface area (Å²) in [6.45, 7) is 6.06. The van der Waals surface area contributed by atoms with Gasteiger partial charge in [0.1, 0.15) is 0 Å². The first-order valence-corrected chi connectivity index (χ1v) is 4.85. The molecule has 1 rings (SSSR count). The number of aliphatic hydroxyl groups excluding tert-OH is 1. The zero-order valence-corrected chi connectivity index (χ0v) is 8.43. The molecular formula is C8H14N2OS. The van der Waals surface area contributed by atoms with E-state index in [1.54, 1.807) is 0 Å². The summed E-state index contributed by atoms with van der Waals surface area (Å²) in [5.41, 5.74) is 0.855.